The second-order valence-corrected chi connectivity index (χ2v) is 7.40. The highest BCUT2D eigenvalue weighted by Crippen LogP contribution is 2.37. The van der Waals surface area contributed by atoms with Gasteiger partial charge in [0.2, 0.25) is 0 Å². The van der Waals surface area contributed by atoms with E-state index in [0.29, 0.717) is 5.82 Å². The van der Waals surface area contributed by atoms with Crippen LogP contribution in [0, 0.1) is 0 Å². The fraction of sp³-hybridized carbons (Fsp3) is 0.250. The van der Waals surface area contributed by atoms with Crippen molar-refractivity contribution in [3.63, 3.8) is 0 Å². The lowest BCUT2D eigenvalue weighted by atomic mass is 10.0. The van der Waals surface area contributed by atoms with Gasteiger partial charge in [-0.1, -0.05) is 61.0 Å². The number of fused-ring (bicyclic) bond motifs is 2. The first-order valence-electron chi connectivity index (χ1n) is 9.87. The van der Waals surface area contributed by atoms with Crippen molar-refractivity contribution in [3.05, 3.63) is 77.1 Å². The first-order chi connectivity index (χ1) is 13.7. The number of rotatable bonds is 4. The maximum absolute atomic E-state index is 6.55. The van der Waals surface area contributed by atoms with Gasteiger partial charge in [-0.15, -0.1) is 0 Å². The third kappa shape index (κ3) is 3.43. The molecule has 0 fully saturated rings. The van der Waals surface area contributed by atoms with Crippen molar-refractivity contribution in [3.8, 4) is 0 Å². The number of hydrogen-bond acceptors (Lipinski definition) is 3. The predicted molar refractivity (Wildman–Crippen MR) is 119 cm³/mol. The number of aryl methyl sites for hydroxylation is 1. The maximum atomic E-state index is 6.55. The summed E-state index contributed by atoms with van der Waals surface area (Å²) in [5.41, 5.74) is 4.44. The third-order valence-corrected chi connectivity index (χ3v) is 5.60. The van der Waals surface area contributed by atoms with Crippen LogP contribution in [0.5, 0.6) is 0 Å². The quantitative estimate of drug-likeness (QED) is 0.467. The normalized spacial score (nSPS) is 15.0. The molecule has 4 heteroatoms. The molecule has 1 aromatic heterocycles. The summed E-state index contributed by atoms with van der Waals surface area (Å²) in [6.07, 6.45) is 6.96. The largest absolute Gasteiger partial charge is 0.325 e. The Morgan fingerprint density at radius 2 is 1.89 bits per heavy atom. The molecule has 0 saturated heterocycles. The van der Waals surface area contributed by atoms with Crippen LogP contribution in [0.1, 0.15) is 38.1 Å². The number of aromatic nitrogens is 2. The van der Waals surface area contributed by atoms with E-state index < -0.39 is 0 Å². The fourth-order valence-electron chi connectivity index (χ4n) is 3.78. The van der Waals surface area contributed by atoms with E-state index in [1.807, 2.05) is 37.3 Å². The average Bonchev–Trinajstić information content (AvgIpc) is 2.76. The summed E-state index contributed by atoms with van der Waals surface area (Å²) in [6, 6.07) is 16.8. The molecule has 3 nitrogen and oxygen atoms in total. The van der Waals surface area contributed by atoms with Gasteiger partial charge in [0.1, 0.15) is 5.82 Å². The van der Waals surface area contributed by atoms with Crippen LogP contribution in [0.25, 0.3) is 16.5 Å². The molecule has 0 saturated carbocycles. The van der Waals surface area contributed by atoms with Crippen LogP contribution in [-0.4, -0.2) is 16.5 Å². The van der Waals surface area contributed by atoms with E-state index in [-0.39, 0.29) is 0 Å². The molecule has 1 aliphatic rings. The molecule has 0 amide bonds. The van der Waals surface area contributed by atoms with Gasteiger partial charge < -0.3 is 4.90 Å². The molecule has 4 rings (SSSR count). The minimum Gasteiger partial charge on any atom is -0.325 e. The molecule has 0 aliphatic carbocycles. The molecular formula is C24H24ClN3. The second-order valence-electron chi connectivity index (χ2n) is 6.94. The maximum Gasteiger partial charge on any atom is 0.163 e. The van der Waals surface area contributed by atoms with E-state index >= 15 is 0 Å². The SMILES string of the molecule is C/C=C\C(=C(\Cl)CC)c1nc(N2CCCc3ccccc32)c2ccccc2n1. The molecule has 2 aromatic carbocycles. The number of halogens is 1. The molecule has 0 radical (unpaired) electrons. The van der Waals surface area contributed by atoms with Gasteiger partial charge in [-0.05, 0) is 49.9 Å². The van der Waals surface area contributed by atoms with Crippen molar-refractivity contribution in [1.29, 1.82) is 0 Å². The number of benzene rings is 2. The number of hydrogen-bond donors (Lipinski definition) is 0. The van der Waals surface area contributed by atoms with Crippen LogP contribution in [0.4, 0.5) is 11.5 Å². The van der Waals surface area contributed by atoms with Crippen molar-refractivity contribution in [2.75, 3.05) is 11.4 Å². The summed E-state index contributed by atoms with van der Waals surface area (Å²) in [4.78, 5) is 12.2. The van der Waals surface area contributed by atoms with Gasteiger partial charge in [-0.25, -0.2) is 9.97 Å². The highest BCUT2D eigenvalue weighted by Gasteiger charge is 2.22. The topological polar surface area (TPSA) is 29.0 Å². The Morgan fingerprint density at radius 1 is 1.11 bits per heavy atom. The van der Waals surface area contributed by atoms with Gasteiger partial charge in [0, 0.05) is 28.2 Å². The van der Waals surface area contributed by atoms with E-state index in [4.69, 9.17) is 21.6 Å². The van der Waals surface area contributed by atoms with Crippen LogP contribution in [0.15, 0.2) is 65.7 Å². The number of allylic oxidation sites excluding steroid dienone is 4. The molecule has 1 aliphatic heterocycles. The molecule has 28 heavy (non-hydrogen) atoms. The molecular weight excluding hydrogens is 366 g/mol. The van der Waals surface area contributed by atoms with Crippen LogP contribution in [0.3, 0.4) is 0 Å². The van der Waals surface area contributed by atoms with Crippen molar-refractivity contribution >= 4 is 39.6 Å². The lowest BCUT2D eigenvalue weighted by molar-refractivity contribution is 0.760. The molecule has 0 N–H and O–H groups in total. The molecule has 0 bridgehead atoms. The lowest BCUT2D eigenvalue weighted by Gasteiger charge is -2.31. The Bertz CT molecular complexity index is 1070. The lowest BCUT2D eigenvalue weighted by Crippen LogP contribution is -2.26. The van der Waals surface area contributed by atoms with E-state index in [2.05, 4.69) is 42.2 Å². The van der Waals surface area contributed by atoms with Gasteiger partial charge in [0.05, 0.1) is 5.52 Å². The number of para-hydroxylation sites is 2. The van der Waals surface area contributed by atoms with Crippen LogP contribution >= 0.6 is 11.6 Å². The van der Waals surface area contributed by atoms with Gasteiger partial charge in [-0.2, -0.15) is 0 Å². The Labute approximate surface area is 171 Å². The van der Waals surface area contributed by atoms with Gasteiger partial charge in [0.15, 0.2) is 5.82 Å². The third-order valence-electron chi connectivity index (χ3n) is 5.13. The van der Waals surface area contributed by atoms with E-state index in [0.717, 1.165) is 53.1 Å². The summed E-state index contributed by atoms with van der Waals surface area (Å²) in [7, 11) is 0. The fourth-order valence-corrected chi connectivity index (χ4v) is 3.93. The minimum atomic E-state index is 0.682. The first kappa shape index (κ1) is 18.7. The monoisotopic (exact) mass is 389 g/mol. The van der Waals surface area contributed by atoms with Crippen LogP contribution < -0.4 is 4.90 Å². The standard InChI is InChI=1S/C24H24ClN3/c1-3-10-18(20(25)4-2)23-26-21-14-7-6-13-19(21)24(27-23)28-16-9-12-17-11-5-8-15-22(17)28/h3,5-8,10-11,13-15H,4,9,12,16H2,1-2H3/b10-3-,20-18-. The Kier molecular flexibility index (Phi) is 5.45. The van der Waals surface area contributed by atoms with E-state index in [1.54, 1.807) is 0 Å². The van der Waals surface area contributed by atoms with Gasteiger partial charge in [-0.3, -0.25) is 0 Å². The molecule has 142 valence electrons. The van der Waals surface area contributed by atoms with E-state index in [9.17, 15) is 0 Å². The molecule has 0 atom stereocenters. The Hall–Kier alpha value is -2.65. The summed E-state index contributed by atoms with van der Waals surface area (Å²) in [6.45, 7) is 4.99. The molecule has 0 spiro atoms. The highest BCUT2D eigenvalue weighted by molar-refractivity contribution is 6.33. The van der Waals surface area contributed by atoms with Crippen molar-refractivity contribution in [2.24, 2.45) is 0 Å². The van der Waals surface area contributed by atoms with Crippen molar-refractivity contribution in [2.45, 2.75) is 33.1 Å². The summed E-state index contributed by atoms with van der Waals surface area (Å²) in [5, 5.41) is 1.84. The number of anilines is 2. The summed E-state index contributed by atoms with van der Waals surface area (Å²) < 4.78 is 0. The molecule has 2 heterocycles. The zero-order valence-corrected chi connectivity index (χ0v) is 17.1. The first-order valence-corrected chi connectivity index (χ1v) is 10.2. The van der Waals surface area contributed by atoms with Crippen LogP contribution in [-0.2, 0) is 6.42 Å². The zero-order chi connectivity index (χ0) is 19.5. The van der Waals surface area contributed by atoms with Gasteiger partial charge >= 0.3 is 0 Å². The Balaban J connectivity index is 1.97. The minimum absolute atomic E-state index is 0.682. The Morgan fingerprint density at radius 3 is 2.71 bits per heavy atom. The predicted octanol–water partition coefficient (Wildman–Crippen LogP) is 6.65. The van der Waals surface area contributed by atoms with Crippen molar-refractivity contribution in [1.82, 2.24) is 9.97 Å². The second kappa shape index (κ2) is 8.15. The number of nitrogens with zero attached hydrogens (tertiary/aromatic N) is 3. The summed E-state index contributed by atoms with van der Waals surface area (Å²) in [5.74, 6) is 1.64. The average molecular weight is 390 g/mol. The highest BCUT2D eigenvalue weighted by atomic mass is 35.5. The van der Waals surface area contributed by atoms with Gasteiger partial charge in [0.25, 0.3) is 0 Å². The van der Waals surface area contributed by atoms with Crippen LogP contribution in [0.2, 0.25) is 0 Å². The molecule has 3 aromatic rings. The smallest absolute Gasteiger partial charge is 0.163 e. The zero-order valence-electron chi connectivity index (χ0n) is 16.3. The van der Waals surface area contributed by atoms with Crippen molar-refractivity contribution < 1.29 is 0 Å². The van der Waals surface area contributed by atoms with E-state index in [1.165, 1.54) is 11.3 Å². The molecule has 0 unspecified atom stereocenters. The summed E-state index contributed by atoms with van der Waals surface area (Å²) >= 11 is 6.55.